The second-order valence-corrected chi connectivity index (χ2v) is 8.11. The molecule has 0 fully saturated rings. The first-order chi connectivity index (χ1) is 13.9. The first-order valence-corrected chi connectivity index (χ1v) is 10.6. The summed E-state index contributed by atoms with van der Waals surface area (Å²) in [5.74, 6) is -0.605. The van der Waals surface area contributed by atoms with Crippen molar-refractivity contribution in [1.82, 2.24) is 0 Å². The molecule has 0 radical (unpaired) electrons. The molecule has 2 atom stereocenters. The van der Waals surface area contributed by atoms with E-state index in [1.165, 1.54) is 24.3 Å². The molecule has 5 heteroatoms. The lowest BCUT2D eigenvalue weighted by atomic mass is 10.0. The molecule has 2 aromatic rings. The number of ether oxygens (including phenoxy) is 1. The number of benzene rings is 2. The van der Waals surface area contributed by atoms with Gasteiger partial charge in [0.25, 0.3) is 0 Å². The number of hydrogen-bond acceptors (Lipinski definition) is 1. The van der Waals surface area contributed by atoms with Gasteiger partial charge in [0, 0.05) is 8.96 Å². The molecule has 0 heterocycles. The number of allylic oxidation sites excluding steroid dienone is 4. The highest BCUT2D eigenvalue weighted by Crippen LogP contribution is 2.33. The molecule has 0 saturated heterocycles. The lowest BCUT2D eigenvalue weighted by Crippen LogP contribution is -2.10. The van der Waals surface area contributed by atoms with Crippen LogP contribution in [0.3, 0.4) is 0 Å². The zero-order valence-electron chi connectivity index (χ0n) is 15.8. The van der Waals surface area contributed by atoms with Crippen LogP contribution in [-0.2, 0) is 4.74 Å². The Labute approximate surface area is 187 Å². The van der Waals surface area contributed by atoms with Crippen LogP contribution >= 0.6 is 31.9 Å². The van der Waals surface area contributed by atoms with Crippen LogP contribution < -0.4 is 0 Å². The van der Waals surface area contributed by atoms with Crippen molar-refractivity contribution in [2.45, 2.75) is 25.0 Å². The van der Waals surface area contributed by atoms with Crippen molar-refractivity contribution >= 4 is 31.9 Å². The molecular formula is C24H22Br2F2O. The Balaban J connectivity index is 2.35. The molecule has 2 aromatic carbocycles. The van der Waals surface area contributed by atoms with Gasteiger partial charge >= 0.3 is 0 Å². The maximum atomic E-state index is 13.4. The minimum Gasteiger partial charge on any atom is -0.365 e. The largest absolute Gasteiger partial charge is 0.365 e. The Morgan fingerprint density at radius 2 is 1.10 bits per heavy atom. The van der Waals surface area contributed by atoms with Crippen LogP contribution in [0.15, 0.2) is 95.0 Å². The highest BCUT2D eigenvalue weighted by atomic mass is 79.9. The standard InChI is InChI=1S/C24H22Br2F2O/c1-3-19(25)9-15-23(17-5-11-21(27)12-6-17)29-24(16-10-20(26)4-2)18-7-13-22(28)14-8-18/h3-14,23-24H,1-2,15-16H2/b19-9-,20-10-. The molecule has 0 bridgehead atoms. The third kappa shape index (κ3) is 7.84. The highest BCUT2D eigenvalue weighted by molar-refractivity contribution is 9.12. The summed E-state index contributed by atoms with van der Waals surface area (Å²) in [6.07, 6.45) is 7.77. The normalized spacial score (nSPS) is 14.3. The zero-order chi connectivity index (χ0) is 21.2. The van der Waals surface area contributed by atoms with E-state index < -0.39 is 0 Å². The van der Waals surface area contributed by atoms with Crippen molar-refractivity contribution in [3.05, 3.63) is 118 Å². The lowest BCUT2D eigenvalue weighted by Gasteiger charge is -2.25. The van der Waals surface area contributed by atoms with Crippen LogP contribution in [0.1, 0.15) is 36.2 Å². The molecule has 2 rings (SSSR count). The zero-order valence-corrected chi connectivity index (χ0v) is 19.0. The first-order valence-electron chi connectivity index (χ1n) is 9.05. The van der Waals surface area contributed by atoms with Gasteiger partial charge in [0.15, 0.2) is 0 Å². The van der Waals surface area contributed by atoms with Gasteiger partial charge in [-0.25, -0.2) is 8.78 Å². The van der Waals surface area contributed by atoms with Crippen molar-refractivity contribution in [2.75, 3.05) is 0 Å². The summed E-state index contributed by atoms with van der Waals surface area (Å²) in [5.41, 5.74) is 1.71. The highest BCUT2D eigenvalue weighted by Gasteiger charge is 2.19. The quantitative estimate of drug-likeness (QED) is 0.284. The molecule has 2 unspecified atom stereocenters. The van der Waals surface area contributed by atoms with E-state index >= 15 is 0 Å². The predicted molar refractivity (Wildman–Crippen MR) is 123 cm³/mol. The maximum absolute atomic E-state index is 13.4. The van der Waals surface area contributed by atoms with Crippen LogP contribution in [0.25, 0.3) is 0 Å². The van der Waals surface area contributed by atoms with Crippen LogP contribution in [0, 0.1) is 11.6 Å². The summed E-state index contributed by atoms with van der Waals surface area (Å²) in [7, 11) is 0. The van der Waals surface area contributed by atoms with E-state index in [2.05, 4.69) is 45.0 Å². The summed E-state index contributed by atoms with van der Waals surface area (Å²) in [6.45, 7) is 7.47. The molecule has 0 spiro atoms. The SMILES string of the molecule is C=C/C(Br)=C/CC(OC(C/C=C(\Br)C=C)c1ccc(F)cc1)c1ccc(F)cc1. The van der Waals surface area contributed by atoms with E-state index in [0.29, 0.717) is 12.8 Å². The van der Waals surface area contributed by atoms with Gasteiger partial charge in [0.05, 0.1) is 12.2 Å². The second-order valence-electron chi connectivity index (χ2n) is 6.27. The van der Waals surface area contributed by atoms with Crippen LogP contribution in [0.4, 0.5) is 8.78 Å². The minimum absolute atomic E-state index is 0.303. The van der Waals surface area contributed by atoms with Crippen LogP contribution in [0.5, 0.6) is 0 Å². The Morgan fingerprint density at radius 3 is 1.41 bits per heavy atom. The van der Waals surface area contributed by atoms with Gasteiger partial charge < -0.3 is 4.74 Å². The fourth-order valence-electron chi connectivity index (χ4n) is 2.70. The van der Waals surface area contributed by atoms with E-state index in [1.54, 1.807) is 36.4 Å². The Bertz CT molecular complexity index is 797. The molecular weight excluding hydrogens is 502 g/mol. The van der Waals surface area contributed by atoms with E-state index in [-0.39, 0.29) is 23.8 Å². The molecule has 0 amide bonds. The van der Waals surface area contributed by atoms with E-state index in [1.807, 2.05) is 12.2 Å². The van der Waals surface area contributed by atoms with Crippen LogP contribution in [-0.4, -0.2) is 0 Å². The third-order valence-corrected chi connectivity index (χ3v) is 5.55. The molecule has 0 N–H and O–H groups in total. The van der Waals surface area contributed by atoms with Gasteiger partial charge in [-0.2, -0.15) is 0 Å². The summed E-state index contributed by atoms with van der Waals surface area (Å²) in [5, 5.41) is 0. The van der Waals surface area contributed by atoms with Gasteiger partial charge in [-0.15, -0.1) is 0 Å². The molecule has 0 aliphatic heterocycles. The molecule has 0 aliphatic carbocycles. The fourth-order valence-corrected chi connectivity index (χ4v) is 3.07. The number of hydrogen-bond donors (Lipinski definition) is 0. The molecule has 0 aliphatic rings. The topological polar surface area (TPSA) is 9.23 Å². The molecule has 0 aromatic heterocycles. The van der Waals surface area contributed by atoms with Crippen molar-refractivity contribution < 1.29 is 13.5 Å². The molecule has 1 nitrogen and oxygen atoms in total. The van der Waals surface area contributed by atoms with Gasteiger partial charge in [-0.05, 0) is 48.2 Å². The monoisotopic (exact) mass is 522 g/mol. The van der Waals surface area contributed by atoms with Crippen molar-refractivity contribution in [2.24, 2.45) is 0 Å². The maximum Gasteiger partial charge on any atom is 0.123 e. The third-order valence-electron chi connectivity index (χ3n) is 4.26. The summed E-state index contributed by atoms with van der Waals surface area (Å²) in [4.78, 5) is 0. The van der Waals surface area contributed by atoms with Gasteiger partial charge in [-0.3, -0.25) is 0 Å². The van der Waals surface area contributed by atoms with Gasteiger partial charge in [0.2, 0.25) is 0 Å². The lowest BCUT2D eigenvalue weighted by molar-refractivity contribution is -0.0121. The summed E-state index contributed by atoms with van der Waals surface area (Å²) in [6, 6.07) is 12.5. The molecule has 152 valence electrons. The Hall–Kier alpha value is -1.82. The number of rotatable bonds is 10. The predicted octanol–water partition coefficient (Wildman–Crippen LogP) is 8.47. The van der Waals surface area contributed by atoms with E-state index in [9.17, 15) is 8.78 Å². The summed E-state index contributed by atoms with van der Waals surface area (Å²) >= 11 is 6.85. The summed E-state index contributed by atoms with van der Waals surface area (Å²) < 4.78 is 34.9. The van der Waals surface area contributed by atoms with Crippen molar-refractivity contribution in [3.8, 4) is 0 Å². The van der Waals surface area contributed by atoms with E-state index in [0.717, 1.165) is 20.1 Å². The van der Waals surface area contributed by atoms with Crippen molar-refractivity contribution in [3.63, 3.8) is 0 Å². The van der Waals surface area contributed by atoms with Crippen LogP contribution in [0.2, 0.25) is 0 Å². The minimum atomic E-state index is -0.325. The average Bonchev–Trinajstić information content (AvgIpc) is 2.74. The fraction of sp³-hybridized carbons (Fsp3) is 0.167. The average molecular weight is 524 g/mol. The second kappa shape index (κ2) is 12.0. The molecule has 0 saturated carbocycles. The number of halogens is 4. The Morgan fingerprint density at radius 1 is 0.759 bits per heavy atom. The first kappa shape index (κ1) is 23.5. The van der Waals surface area contributed by atoms with E-state index in [4.69, 9.17) is 4.74 Å². The van der Waals surface area contributed by atoms with Crippen molar-refractivity contribution in [1.29, 1.82) is 0 Å². The smallest absolute Gasteiger partial charge is 0.123 e. The Kier molecular flexibility index (Phi) is 9.71. The molecule has 29 heavy (non-hydrogen) atoms. The van der Waals surface area contributed by atoms with Gasteiger partial charge in [0.1, 0.15) is 11.6 Å². The van der Waals surface area contributed by atoms with Gasteiger partial charge in [-0.1, -0.05) is 93.6 Å².